The molecule has 6 heteroatoms. The molecule has 4 nitrogen and oxygen atoms in total. The third-order valence-corrected chi connectivity index (χ3v) is 4.07. The molecule has 1 aliphatic carbocycles. The van der Waals surface area contributed by atoms with Crippen LogP contribution in [0.25, 0.3) is 11.0 Å². The van der Waals surface area contributed by atoms with Gasteiger partial charge in [-0.1, -0.05) is 24.4 Å². The van der Waals surface area contributed by atoms with E-state index in [0.717, 1.165) is 25.7 Å². The Bertz CT molecular complexity index is 628. The van der Waals surface area contributed by atoms with Crippen molar-refractivity contribution >= 4 is 28.6 Å². The maximum Gasteiger partial charge on any atom is 0.201 e. The van der Waals surface area contributed by atoms with Gasteiger partial charge in [-0.15, -0.1) is 0 Å². The average Bonchev–Trinajstić information content (AvgIpc) is 2.66. The van der Waals surface area contributed by atoms with E-state index in [1.165, 1.54) is 12.1 Å². The summed E-state index contributed by atoms with van der Waals surface area (Å²) in [5, 5.41) is 10.2. The number of aliphatic hydroxyl groups is 1. The largest absolute Gasteiger partial charge is 0.391 e. The smallest absolute Gasteiger partial charge is 0.201 e. The van der Waals surface area contributed by atoms with Crippen LogP contribution in [0.4, 0.5) is 10.3 Å². The van der Waals surface area contributed by atoms with E-state index < -0.39 is 11.9 Å². The number of anilines is 1. The lowest BCUT2D eigenvalue weighted by atomic mass is 9.92. The fourth-order valence-electron chi connectivity index (χ4n) is 2.85. The number of nitrogen functional groups attached to an aromatic ring is 1. The molecule has 1 aromatic heterocycles. The van der Waals surface area contributed by atoms with E-state index in [1.54, 1.807) is 4.57 Å². The molecular formula is C13H15ClFN3O. The molecule has 102 valence electrons. The number of rotatable bonds is 1. The molecule has 1 heterocycles. The van der Waals surface area contributed by atoms with Crippen LogP contribution in [0.3, 0.4) is 0 Å². The third-order valence-electron chi connectivity index (χ3n) is 3.78. The minimum Gasteiger partial charge on any atom is -0.391 e. The molecule has 0 radical (unpaired) electrons. The van der Waals surface area contributed by atoms with Gasteiger partial charge in [0.1, 0.15) is 5.82 Å². The number of hydrogen-bond donors (Lipinski definition) is 2. The monoisotopic (exact) mass is 283 g/mol. The molecule has 1 fully saturated rings. The van der Waals surface area contributed by atoms with Crippen molar-refractivity contribution in [2.45, 2.75) is 37.8 Å². The minimum atomic E-state index is -0.499. The zero-order valence-electron chi connectivity index (χ0n) is 10.3. The summed E-state index contributed by atoms with van der Waals surface area (Å²) in [5.41, 5.74) is 7.07. The lowest BCUT2D eigenvalue weighted by Crippen LogP contribution is -2.28. The Morgan fingerprint density at radius 1 is 1.37 bits per heavy atom. The molecule has 2 aromatic rings. The molecule has 19 heavy (non-hydrogen) atoms. The molecule has 2 atom stereocenters. The van der Waals surface area contributed by atoms with E-state index in [1.807, 2.05) is 0 Å². The fourth-order valence-corrected chi connectivity index (χ4v) is 3.01. The van der Waals surface area contributed by atoms with Crippen LogP contribution in [0.1, 0.15) is 31.7 Å². The van der Waals surface area contributed by atoms with Crippen molar-refractivity contribution in [1.82, 2.24) is 9.55 Å². The van der Waals surface area contributed by atoms with Gasteiger partial charge in [0.2, 0.25) is 5.95 Å². The molecule has 0 amide bonds. The number of nitrogens with zero attached hydrogens (tertiary/aromatic N) is 2. The van der Waals surface area contributed by atoms with E-state index in [4.69, 9.17) is 17.3 Å². The number of aromatic nitrogens is 2. The van der Waals surface area contributed by atoms with Gasteiger partial charge in [-0.25, -0.2) is 9.37 Å². The highest BCUT2D eigenvalue weighted by Crippen LogP contribution is 2.34. The van der Waals surface area contributed by atoms with Gasteiger partial charge in [0, 0.05) is 6.07 Å². The number of benzene rings is 1. The predicted octanol–water partition coefficient (Wildman–Crippen LogP) is 2.89. The maximum absolute atomic E-state index is 13.6. The summed E-state index contributed by atoms with van der Waals surface area (Å²) < 4.78 is 15.4. The van der Waals surface area contributed by atoms with Gasteiger partial charge >= 0.3 is 0 Å². The van der Waals surface area contributed by atoms with Crippen molar-refractivity contribution in [3.8, 4) is 0 Å². The summed E-state index contributed by atoms with van der Waals surface area (Å²) in [6.45, 7) is 0. The Hall–Kier alpha value is -1.33. The molecule has 0 bridgehead atoms. The summed E-state index contributed by atoms with van der Waals surface area (Å²) >= 11 is 5.75. The van der Waals surface area contributed by atoms with Crippen molar-refractivity contribution < 1.29 is 9.50 Å². The first-order valence-electron chi connectivity index (χ1n) is 6.38. The number of halogens is 2. The molecule has 1 aliphatic rings. The van der Waals surface area contributed by atoms with Crippen molar-refractivity contribution in [2.75, 3.05) is 5.73 Å². The Kier molecular flexibility index (Phi) is 3.11. The first kappa shape index (κ1) is 12.7. The van der Waals surface area contributed by atoms with Crippen LogP contribution >= 0.6 is 11.6 Å². The normalized spacial score (nSPS) is 23.9. The zero-order valence-corrected chi connectivity index (χ0v) is 11.1. The molecule has 2 unspecified atom stereocenters. The molecule has 0 saturated heterocycles. The predicted molar refractivity (Wildman–Crippen MR) is 72.6 cm³/mol. The minimum absolute atomic E-state index is 0.0290. The lowest BCUT2D eigenvalue weighted by Gasteiger charge is -2.29. The highest BCUT2D eigenvalue weighted by Gasteiger charge is 2.28. The summed E-state index contributed by atoms with van der Waals surface area (Å²) in [6, 6.07) is 2.66. The number of fused-ring (bicyclic) bond motifs is 1. The van der Waals surface area contributed by atoms with Crippen molar-refractivity contribution in [3.05, 3.63) is 23.0 Å². The van der Waals surface area contributed by atoms with Gasteiger partial charge < -0.3 is 15.4 Å². The second kappa shape index (κ2) is 4.65. The Morgan fingerprint density at radius 2 is 2.11 bits per heavy atom. The van der Waals surface area contributed by atoms with E-state index in [2.05, 4.69) is 4.98 Å². The second-order valence-corrected chi connectivity index (χ2v) is 5.42. The van der Waals surface area contributed by atoms with Crippen molar-refractivity contribution in [2.24, 2.45) is 0 Å². The average molecular weight is 284 g/mol. The van der Waals surface area contributed by atoms with E-state index in [9.17, 15) is 9.50 Å². The third kappa shape index (κ3) is 2.07. The number of imidazole rings is 1. The van der Waals surface area contributed by atoms with Crippen molar-refractivity contribution in [3.63, 3.8) is 0 Å². The highest BCUT2D eigenvalue weighted by molar-refractivity contribution is 6.31. The number of aliphatic hydroxyl groups excluding tert-OH is 1. The first-order valence-corrected chi connectivity index (χ1v) is 6.76. The van der Waals surface area contributed by atoms with Gasteiger partial charge in [-0.3, -0.25) is 0 Å². The molecule has 3 N–H and O–H groups in total. The summed E-state index contributed by atoms with van der Waals surface area (Å²) in [4.78, 5) is 4.20. The molecule has 0 aliphatic heterocycles. The van der Waals surface area contributed by atoms with Gasteiger partial charge in [0.25, 0.3) is 0 Å². The van der Waals surface area contributed by atoms with Crippen LogP contribution in [-0.4, -0.2) is 20.8 Å². The van der Waals surface area contributed by atoms with Crippen LogP contribution in [-0.2, 0) is 0 Å². The number of hydrogen-bond acceptors (Lipinski definition) is 3. The van der Waals surface area contributed by atoms with Crippen LogP contribution < -0.4 is 5.73 Å². The zero-order chi connectivity index (χ0) is 13.6. The van der Waals surface area contributed by atoms with Crippen LogP contribution in [0.2, 0.25) is 5.02 Å². The lowest BCUT2D eigenvalue weighted by molar-refractivity contribution is 0.0783. The summed E-state index contributed by atoms with van der Waals surface area (Å²) in [6.07, 6.45) is 3.12. The standard InChI is InChI=1S/C13H15ClFN3O/c14-7-5-9-11(6-8(7)15)18(13(16)17-9)10-3-1-2-4-12(10)19/h5-6,10,12,19H,1-4H2,(H2,16,17). The SMILES string of the molecule is Nc1nc2cc(Cl)c(F)cc2n1C1CCCCC1O. The van der Waals surface area contributed by atoms with Crippen molar-refractivity contribution in [1.29, 1.82) is 0 Å². The fraction of sp³-hybridized carbons (Fsp3) is 0.462. The Labute approximate surface area is 115 Å². The van der Waals surface area contributed by atoms with Crippen LogP contribution in [0.5, 0.6) is 0 Å². The topological polar surface area (TPSA) is 64.1 Å². The summed E-state index contributed by atoms with van der Waals surface area (Å²) in [7, 11) is 0. The molecule has 1 aromatic carbocycles. The Morgan fingerprint density at radius 3 is 2.84 bits per heavy atom. The summed E-state index contributed by atoms with van der Waals surface area (Å²) in [5.74, 6) is -0.205. The molecule has 0 spiro atoms. The first-order chi connectivity index (χ1) is 9.08. The van der Waals surface area contributed by atoms with E-state index in [-0.39, 0.29) is 11.1 Å². The van der Waals surface area contributed by atoms with Gasteiger partial charge in [-0.05, 0) is 18.9 Å². The van der Waals surface area contributed by atoms with Gasteiger partial charge in [0.15, 0.2) is 0 Å². The Balaban J connectivity index is 2.16. The van der Waals surface area contributed by atoms with Gasteiger partial charge in [-0.2, -0.15) is 0 Å². The second-order valence-electron chi connectivity index (χ2n) is 5.01. The van der Waals surface area contributed by atoms with Crippen LogP contribution in [0, 0.1) is 5.82 Å². The highest BCUT2D eigenvalue weighted by atomic mass is 35.5. The maximum atomic E-state index is 13.6. The van der Waals surface area contributed by atoms with Gasteiger partial charge in [0.05, 0.1) is 28.2 Å². The molecule has 1 saturated carbocycles. The van der Waals surface area contributed by atoms with E-state index in [0.29, 0.717) is 17.0 Å². The molecular weight excluding hydrogens is 269 g/mol. The van der Waals surface area contributed by atoms with E-state index >= 15 is 0 Å². The number of nitrogens with two attached hydrogens (primary N) is 1. The quantitative estimate of drug-likeness (QED) is 0.846. The molecule has 3 rings (SSSR count). The van der Waals surface area contributed by atoms with Crippen LogP contribution in [0.15, 0.2) is 12.1 Å².